The molecule has 0 fully saturated rings. The molecule has 2 nitrogen and oxygen atoms in total. The van der Waals surface area contributed by atoms with Crippen molar-refractivity contribution in [3.05, 3.63) is 54.4 Å². The van der Waals surface area contributed by atoms with Crippen LogP contribution in [0.25, 0.3) is 0 Å². The Morgan fingerprint density at radius 3 is 2.62 bits per heavy atom. The van der Waals surface area contributed by atoms with Gasteiger partial charge in [-0.3, -0.25) is 0 Å². The van der Waals surface area contributed by atoms with Gasteiger partial charge in [0, 0.05) is 35.6 Å². The molecule has 2 aromatic rings. The molecule has 0 unspecified atom stereocenters. The summed E-state index contributed by atoms with van der Waals surface area (Å²) < 4.78 is 2.22. The third-order valence-electron chi connectivity index (χ3n) is 2.48. The number of hydrogen-bond acceptors (Lipinski definition) is 2. The highest BCUT2D eigenvalue weighted by atomic mass is 32.2. The van der Waals surface area contributed by atoms with Gasteiger partial charge in [-0.2, -0.15) is 0 Å². The predicted octanol–water partition coefficient (Wildman–Crippen LogP) is 2.74. The van der Waals surface area contributed by atoms with Crippen LogP contribution in [0.2, 0.25) is 0 Å². The molecule has 3 heteroatoms. The number of nitrogens with two attached hydrogens (primary N) is 1. The maximum absolute atomic E-state index is 5.65. The van der Waals surface area contributed by atoms with E-state index in [-0.39, 0.29) is 0 Å². The molecule has 84 valence electrons. The minimum Gasteiger partial charge on any atom is -0.349 e. The number of thioether (sulfide) groups is 1. The van der Waals surface area contributed by atoms with Gasteiger partial charge < -0.3 is 10.3 Å². The molecule has 0 saturated carbocycles. The van der Waals surface area contributed by atoms with E-state index in [1.165, 1.54) is 10.6 Å². The van der Waals surface area contributed by atoms with Crippen molar-refractivity contribution in [3.8, 4) is 0 Å². The molecule has 0 aliphatic rings. The summed E-state index contributed by atoms with van der Waals surface area (Å²) in [5.41, 5.74) is 6.85. The Morgan fingerprint density at radius 1 is 1.06 bits per heavy atom. The van der Waals surface area contributed by atoms with Crippen molar-refractivity contribution in [2.24, 2.45) is 5.73 Å². The summed E-state index contributed by atoms with van der Waals surface area (Å²) in [6.07, 6.45) is 2.09. The first-order valence-corrected chi connectivity index (χ1v) is 6.40. The highest BCUT2D eigenvalue weighted by Crippen LogP contribution is 2.17. The zero-order valence-corrected chi connectivity index (χ0v) is 9.99. The number of benzene rings is 1. The second-order valence-electron chi connectivity index (χ2n) is 3.56. The zero-order chi connectivity index (χ0) is 11.2. The van der Waals surface area contributed by atoms with Crippen LogP contribution in [-0.4, -0.2) is 10.3 Å². The molecule has 0 bridgehead atoms. The summed E-state index contributed by atoms with van der Waals surface area (Å²) >= 11 is 1.88. The van der Waals surface area contributed by atoms with Gasteiger partial charge in [-0.05, 0) is 24.3 Å². The number of rotatable bonds is 5. The van der Waals surface area contributed by atoms with Gasteiger partial charge in [-0.15, -0.1) is 11.8 Å². The van der Waals surface area contributed by atoms with Crippen molar-refractivity contribution in [1.29, 1.82) is 0 Å². The molecular weight excluding hydrogens is 216 g/mol. The van der Waals surface area contributed by atoms with E-state index in [9.17, 15) is 0 Å². The van der Waals surface area contributed by atoms with E-state index in [1.807, 2.05) is 17.8 Å². The predicted molar refractivity (Wildman–Crippen MR) is 69.5 cm³/mol. The monoisotopic (exact) mass is 232 g/mol. The standard InChI is InChI=1S/C13H16N2S/c14-11-12-5-4-8-15(12)9-10-16-13-6-2-1-3-7-13/h1-8H,9-11,14H2. The molecule has 0 aliphatic carbocycles. The fourth-order valence-electron chi connectivity index (χ4n) is 1.63. The van der Waals surface area contributed by atoms with E-state index in [0.717, 1.165) is 12.3 Å². The van der Waals surface area contributed by atoms with E-state index >= 15 is 0 Å². The van der Waals surface area contributed by atoms with Gasteiger partial charge >= 0.3 is 0 Å². The molecule has 0 saturated heterocycles. The van der Waals surface area contributed by atoms with Crippen LogP contribution in [0.4, 0.5) is 0 Å². The van der Waals surface area contributed by atoms with E-state index in [4.69, 9.17) is 5.73 Å². The van der Waals surface area contributed by atoms with Gasteiger partial charge in [0.15, 0.2) is 0 Å². The highest BCUT2D eigenvalue weighted by Gasteiger charge is 1.98. The lowest BCUT2D eigenvalue weighted by atomic mass is 10.4. The first-order chi connectivity index (χ1) is 7.90. The molecule has 0 atom stereocenters. The van der Waals surface area contributed by atoms with E-state index in [1.54, 1.807) is 0 Å². The Labute approximate surface area is 100 Å². The summed E-state index contributed by atoms with van der Waals surface area (Å²) in [7, 11) is 0. The SMILES string of the molecule is NCc1cccn1CCSc1ccccc1. The van der Waals surface area contributed by atoms with Crippen LogP contribution < -0.4 is 5.73 Å². The molecule has 1 aromatic carbocycles. The lowest BCUT2D eigenvalue weighted by Gasteiger charge is -2.07. The number of aromatic nitrogens is 1. The number of nitrogens with zero attached hydrogens (tertiary/aromatic N) is 1. The molecule has 2 rings (SSSR count). The van der Waals surface area contributed by atoms with Crippen molar-refractivity contribution >= 4 is 11.8 Å². The summed E-state index contributed by atoms with van der Waals surface area (Å²) in [5.74, 6) is 1.08. The average molecular weight is 232 g/mol. The second-order valence-corrected chi connectivity index (χ2v) is 4.73. The van der Waals surface area contributed by atoms with Crippen molar-refractivity contribution in [2.75, 3.05) is 5.75 Å². The largest absolute Gasteiger partial charge is 0.349 e. The van der Waals surface area contributed by atoms with Gasteiger partial charge in [0.2, 0.25) is 0 Å². The fraction of sp³-hybridized carbons (Fsp3) is 0.231. The maximum Gasteiger partial charge on any atom is 0.0334 e. The Morgan fingerprint density at radius 2 is 1.88 bits per heavy atom. The summed E-state index contributed by atoms with van der Waals surface area (Å²) in [6, 6.07) is 14.6. The third kappa shape index (κ3) is 2.90. The first-order valence-electron chi connectivity index (χ1n) is 5.42. The summed E-state index contributed by atoms with van der Waals surface area (Å²) in [4.78, 5) is 1.32. The van der Waals surface area contributed by atoms with Gasteiger partial charge in [-0.25, -0.2) is 0 Å². The van der Waals surface area contributed by atoms with E-state index in [0.29, 0.717) is 6.54 Å². The van der Waals surface area contributed by atoms with E-state index < -0.39 is 0 Å². The van der Waals surface area contributed by atoms with Gasteiger partial charge in [0.05, 0.1) is 0 Å². The van der Waals surface area contributed by atoms with Gasteiger partial charge in [-0.1, -0.05) is 18.2 Å². The van der Waals surface area contributed by atoms with Crippen LogP contribution in [-0.2, 0) is 13.1 Å². The van der Waals surface area contributed by atoms with Crippen molar-refractivity contribution in [1.82, 2.24) is 4.57 Å². The minimum atomic E-state index is 0.614. The minimum absolute atomic E-state index is 0.614. The Kier molecular flexibility index (Phi) is 4.08. The third-order valence-corrected chi connectivity index (χ3v) is 3.47. The molecule has 1 heterocycles. The smallest absolute Gasteiger partial charge is 0.0334 e. The van der Waals surface area contributed by atoms with Gasteiger partial charge in [0.1, 0.15) is 0 Å². The Hall–Kier alpha value is -1.19. The lowest BCUT2D eigenvalue weighted by molar-refractivity contribution is 0.723. The lowest BCUT2D eigenvalue weighted by Crippen LogP contribution is -2.07. The summed E-state index contributed by atoms with van der Waals surface area (Å²) in [6.45, 7) is 1.63. The number of aryl methyl sites for hydroxylation is 1. The second kappa shape index (κ2) is 5.77. The maximum atomic E-state index is 5.65. The average Bonchev–Trinajstić information content (AvgIpc) is 2.78. The van der Waals surface area contributed by atoms with Crippen LogP contribution in [0.3, 0.4) is 0 Å². The quantitative estimate of drug-likeness (QED) is 0.804. The molecule has 2 N–H and O–H groups in total. The molecular formula is C13H16N2S. The topological polar surface area (TPSA) is 30.9 Å². The molecule has 0 spiro atoms. The van der Waals surface area contributed by atoms with Crippen LogP contribution in [0, 0.1) is 0 Å². The molecule has 0 aliphatic heterocycles. The zero-order valence-electron chi connectivity index (χ0n) is 9.17. The molecule has 1 aromatic heterocycles. The van der Waals surface area contributed by atoms with E-state index in [2.05, 4.69) is 47.2 Å². The van der Waals surface area contributed by atoms with Crippen molar-refractivity contribution in [3.63, 3.8) is 0 Å². The fourth-order valence-corrected chi connectivity index (χ4v) is 2.50. The first kappa shape index (κ1) is 11.3. The van der Waals surface area contributed by atoms with Crippen LogP contribution in [0.15, 0.2) is 53.6 Å². The Bertz CT molecular complexity index is 423. The Balaban J connectivity index is 1.85. The number of hydrogen-bond donors (Lipinski definition) is 1. The van der Waals surface area contributed by atoms with Crippen LogP contribution in [0.1, 0.15) is 5.69 Å². The molecule has 0 amide bonds. The molecule has 16 heavy (non-hydrogen) atoms. The van der Waals surface area contributed by atoms with Crippen LogP contribution >= 0.6 is 11.8 Å². The highest BCUT2D eigenvalue weighted by molar-refractivity contribution is 7.99. The van der Waals surface area contributed by atoms with Crippen molar-refractivity contribution < 1.29 is 0 Å². The normalized spacial score (nSPS) is 10.6. The van der Waals surface area contributed by atoms with Gasteiger partial charge in [0.25, 0.3) is 0 Å². The van der Waals surface area contributed by atoms with Crippen LogP contribution in [0.5, 0.6) is 0 Å². The molecule has 0 radical (unpaired) electrons. The van der Waals surface area contributed by atoms with Crippen molar-refractivity contribution in [2.45, 2.75) is 18.0 Å². The summed E-state index contributed by atoms with van der Waals surface area (Å²) in [5, 5.41) is 0.